The number of nitrogens with one attached hydrogen (secondary N) is 1. The van der Waals surface area contributed by atoms with E-state index in [4.69, 9.17) is 4.74 Å². The fraction of sp³-hybridized carbons (Fsp3) is 0.571. The molecule has 0 atom stereocenters. The second kappa shape index (κ2) is 8.54. The molecule has 17 heavy (non-hydrogen) atoms. The Morgan fingerprint density at radius 2 is 2.06 bits per heavy atom. The lowest BCUT2D eigenvalue weighted by Gasteiger charge is -2.13. The topological polar surface area (TPSA) is 21.3 Å². The second-order valence-corrected chi connectivity index (χ2v) is 5.11. The van der Waals surface area contributed by atoms with E-state index in [-0.39, 0.29) is 0 Å². The molecule has 1 rings (SSSR count). The van der Waals surface area contributed by atoms with E-state index < -0.39 is 0 Å². The molecular weight excluding hydrogens is 278 g/mol. The first-order valence-corrected chi connectivity index (χ1v) is 7.12. The van der Waals surface area contributed by atoms with Gasteiger partial charge in [-0.05, 0) is 24.1 Å². The number of ether oxygens (including phenoxy) is 1. The highest BCUT2D eigenvalue weighted by molar-refractivity contribution is 9.10. The van der Waals surface area contributed by atoms with E-state index in [1.54, 1.807) is 0 Å². The maximum Gasteiger partial charge on any atom is 0.0639 e. The van der Waals surface area contributed by atoms with Crippen LogP contribution in [-0.4, -0.2) is 19.8 Å². The van der Waals surface area contributed by atoms with Crippen LogP contribution in [0.4, 0.5) is 5.69 Å². The average molecular weight is 300 g/mol. The van der Waals surface area contributed by atoms with Gasteiger partial charge in [-0.25, -0.2) is 0 Å². The van der Waals surface area contributed by atoms with Crippen LogP contribution in [0.3, 0.4) is 0 Å². The third-order valence-electron chi connectivity index (χ3n) is 2.91. The summed E-state index contributed by atoms with van der Waals surface area (Å²) in [5.74, 6) is 0.709. The highest BCUT2D eigenvalue weighted by atomic mass is 79.9. The molecule has 0 aromatic heterocycles. The molecule has 0 saturated carbocycles. The van der Waals surface area contributed by atoms with Gasteiger partial charge in [0.2, 0.25) is 0 Å². The van der Waals surface area contributed by atoms with Gasteiger partial charge in [0.05, 0.1) is 6.61 Å². The van der Waals surface area contributed by atoms with Crippen molar-refractivity contribution in [1.82, 2.24) is 0 Å². The highest BCUT2D eigenvalue weighted by Gasteiger charge is 2.02. The van der Waals surface area contributed by atoms with E-state index in [9.17, 15) is 0 Å². The summed E-state index contributed by atoms with van der Waals surface area (Å²) >= 11 is 3.45. The van der Waals surface area contributed by atoms with Gasteiger partial charge in [-0.1, -0.05) is 48.7 Å². The molecule has 0 aliphatic rings. The van der Waals surface area contributed by atoms with Gasteiger partial charge in [0.15, 0.2) is 0 Å². The SMILES string of the molecule is CCC(CC)COCCNc1cccc(Br)c1. The standard InChI is InChI=1S/C14H22BrNO/c1-3-12(4-2)11-17-9-8-16-14-7-5-6-13(15)10-14/h5-7,10,12,16H,3-4,8-9,11H2,1-2H3. The molecule has 0 unspecified atom stereocenters. The smallest absolute Gasteiger partial charge is 0.0639 e. The van der Waals surface area contributed by atoms with Gasteiger partial charge in [0, 0.05) is 23.3 Å². The summed E-state index contributed by atoms with van der Waals surface area (Å²) in [7, 11) is 0. The molecule has 1 aromatic carbocycles. The number of benzene rings is 1. The normalized spacial score (nSPS) is 10.8. The second-order valence-electron chi connectivity index (χ2n) is 4.19. The van der Waals surface area contributed by atoms with E-state index in [2.05, 4.69) is 47.2 Å². The molecule has 3 heteroatoms. The third kappa shape index (κ3) is 6.08. The number of rotatable bonds is 8. The predicted octanol–water partition coefficient (Wildman–Crippen LogP) is 4.31. The molecule has 0 aliphatic carbocycles. The lowest BCUT2D eigenvalue weighted by molar-refractivity contribution is 0.104. The van der Waals surface area contributed by atoms with E-state index in [1.807, 2.05) is 12.1 Å². The predicted molar refractivity (Wildman–Crippen MR) is 77.5 cm³/mol. The Hall–Kier alpha value is -0.540. The summed E-state index contributed by atoms with van der Waals surface area (Å²) in [6, 6.07) is 8.18. The van der Waals surface area contributed by atoms with Crippen molar-refractivity contribution in [3.63, 3.8) is 0 Å². The van der Waals surface area contributed by atoms with E-state index in [0.29, 0.717) is 5.92 Å². The minimum absolute atomic E-state index is 0.709. The quantitative estimate of drug-likeness (QED) is 0.722. The molecular formula is C14H22BrNO. The Kier molecular flexibility index (Phi) is 7.29. The van der Waals surface area contributed by atoms with Gasteiger partial charge in [-0.2, -0.15) is 0 Å². The van der Waals surface area contributed by atoms with E-state index >= 15 is 0 Å². The summed E-state index contributed by atoms with van der Waals surface area (Å²) in [5.41, 5.74) is 1.13. The zero-order valence-electron chi connectivity index (χ0n) is 10.7. The molecule has 0 radical (unpaired) electrons. The molecule has 0 heterocycles. The molecule has 0 bridgehead atoms. The first-order valence-electron chi connectivity index (χ1n) is 6.33. The van der Waals surface area contributed by atoms with Crippen molar-refractivity contribution in [3.8, 4) is 0 Å². The summed E-state index contributed by atoms with van der Waals surface area (Å²) in [5, 5.41) is 3.34. The van der Waals surface area contributed by atoms with Crippen LogP contribution in [0.2, 0.25) is 0 Å². The lowest BCUT2D eigenvalue weighted by atomic mass is 10.1. The summed E-state index contributed by atoms with van der Waals surface area (Å²) in [4.78, 5) is 0. The van der Waals surface area contributed by atoms with Crippen molar-refractivity contribution >= 4 is 21.6 Å². The molecule has 96 valence electrons. The van der Waals surface area contributed by atoms with Crippen molar-refractivity contribution < 1.29 is 4.74 Å². The maximum absolute atomic E-state index is 5.66. The Morgan fingerprint density at radius 3 is 2.71 bits per heavy atom. The Morgan fingerprint density at radius 1 is 1.29 bits per heavy atom. The zero-order valence-corrected chi connectivity index (χ0v) is 12.3. The van der Waals surface area contributed by atoms with Gasteiger partial charge in [0.1, 0.15) is 0 Å². The average Bonchev–Trinajstić information content (AvgIpc) is 2.34. The Balaban J connectivity index is 2.12. The molecule has 0 fully saturated rings. The molecule has 0 saturated heterocycles. The monoisotopic (exact) mass is 299 g/mol. The fourth-order valence-electron chi connectivity index (χ4n) is 1.64. The van der Waals surface area contributed by atoms with Crippen LogP contribution >= 0.6 is 15.9 Å². The minimum Gasteiger partial charge on any atom is -0.383 e. The van der Waals surface area contributed by atoms with Crippen LogP contribution in [0, 0.1) is 5.92 Å². The largest absolute Gasteiger partial charge is 0.383 e. The molecule has 1 aromatic rings. The van der Waals surface area contributed by atoms with Crippen LogP contribution in [0.25, 0.3) is 0 Å². The van der Waals surface area contributed by atoms with Gasteiger partial charge < -0.3 is 10.1 Å². The van der Waals surface area contributed by atoms with Crippen LogP contribution in [0.5, 0.6) is 0 Å². The summed E-state index contributed by atoms with van der Waals surface area (Å²) in [6.45, 7) is 6.95. The van der Waals surface area contributed by atoms with Crippen molar-refractivity contribution in [2.45, 2.75) is 26.7 Å². The van der Waals surface area contributed by atoms with E-state index in [0.717, 1.165) is 29.9 Å². The van der Waals surface area contributed by atoms with Gasteiger partial charge in [-0.15, -0.1) is 0 Å². The summed E-state index contributed by atoms with van der Waals surface area (Å²) < 4.78 is 6.75. The molecule has 0 amide bonds. The Labute approximate surface area is 113 Å². The van der Waals surface area contributed by atoms with Crippen molar-refractivity contribution in [2.24, 2.45) is 5.92 Å². The van der Waals surface area contributed by atoms with Gasteiger partial charge >= 0.3 is 0 Å². The maximum atomic E-state index is 5.66. The van der Waals surface area contributed by atoms with Crippen LogP contribution in [-0.2, 0) is 4.74 Å². The molecule has 1 N–H and O–H groups in total. The van der Waals surface area contributed by atoms with Gasteiger partial charge in [0.25, 0.3) is 0 Å². The molecule has 0 spiro atoms. The fourth-order valence-corrected chi connectivity index (χ4v) is 2.04. The number of hydrogen-bond acceptors (Lipinski definition) is 2. The van der Waals surface area contributed by atoms with Crippen LogP contribution < -0.4 is 5.32 Å². The third-order valence-corrected chi connectivity index (χ3v) is 3.40. The van der Waals surface area contributed by atoms with Crippen molar-refractivity contribution in [3.05, 3.63) is 28.7 Å². The lowest BCUT2D eigenvalue weighted by Crippen LogP contribution is -2.14. The summed E-state index contributed by atoms with van der Waals surface area (Å²) in [6.07, 6.45) is 2.41. The number of halogens is 1. The molecule has 2 nitrogen and oxygen atoms in total. The van der Waals surface area contributed by atoms with Crippen molar-refractivity contribution in [2.75, 3.05) is 25.1 Å². The van der Waals surface area contributed by atoms with Crippen LogP contribution in [0.15, 0.2) is 28.7 Å². The first kappa shape index (κ1) is 14.5. The van der Waals surface area contributed by atoms with Crippen LogP contribution in [0.1, 0.15) is 26.7 Å². The first-order chi connectivity index (χ1) is 8.26. The molecule has 0 aliphatic heterocycles. The zero-order chi connectivity index (χ0) is 12.5. The number of anilines is 1. The Bertz CT molecular complexity index is 313. The minimum atomic E-state index is 0.709. The van der Waals surface area contributed by atoms with Crippen molar-refractivity contribution in [1.29, 1.82) is 0 Å². The van der Waals surface area contributed by atoms with E-state index in [1.165, 1.54) is 12.8 Å². The highest BCUT2D eigenvalue weighted by Crippen LogP contribution is 2.15. The number of hydrogen-bond donors (Lipinski definition) is 1. The van der Waals surface area contributed by atoms with Gasteiger partial charge in [-0.3, -0.25) is 0 Å².